The monoisotopic (exact) mass is 371 g/mol. The minimum atomic E-state index is -5.00. The van der Waals surface area contributed by atoms with E-state index >= 15 is 0 Å². The van der Waals surface area contributed by atoms with Crippen molar-refractivity contribution in [1.82, 2.24) is 9.97 Å². The zero-order valence-electron chi connectivity index (χ0n) is 10.4. The second-order valence-corrected chi connectivity index (χ2v) is 6.20. The Kier molecular flexibility index (Phi) is 4.62. The lowest BCUT2D eigenvalue weighted by Crippen LogP contribution is -2.27. The maximum atomic E-state index is 13.0. The maximum absolute atomic E-state index is 13.0. The second-order valence-electron chi connectivity index (χ2n) is 3.97. The van der Waals surface area contributed by atoms with E-state index in [2.05, 4.69) is 4.98 Å². The molecule has 2 rings (SSSR count). The van der Waals surface area contributed by atoms with Gasteiger partial charge >= 0.3 is 11.7 Å². The first kappa shape index (κ1) is 16.9. The van der Waals surface area contributed by atoms with E-state index in [1.807, 2.05) is 4.98 Å². The van der Waals surface area contributed by atoms with Gasteiger partial charge in [-0.2, -0.15) is 13.2 Å². The van der Waals surface area contributed by atoms with Crippen molar-refractivity contribution < 1.29 is 17.7 Å². The van der Waals surface area contributed by atoms with Crippen LogP contribution in [0, 0.1) is 0 Å². The van der Waals surface area contributed by atoms with Crippen LogP contribution in [0.3, 0.4) is 0 Å². The van der Waals surface area contributed by atoms with Gasteiger partial charge in [-0.25, -0.2) is 4.98 Å². The van der Waals surface area contributed by atoms with Gasteiger partial charge in [0.15, 0.2) is 4.90 Å². The van der Waals surface area contributed by atoms with Gasteiger partial charge in [0.2, 0.25) is 11.6 Å². The van der Waals surface area contributed by atoms with Crippen molar-refractivity contribution in [3.63, 3.8) is 0 Å². The number of H-pyrrole nitrogens is 1. The molecule has 0 saturated carbocycles. The lowest BCUT2D eigenvalue weighted by atomic mass is 10.4. The second kappa shape index (κ2) is 5.99. The normalized spacial score (nSPS) is 13.2. The largest absolute Gasteiger partial charge is 0.606 e. The minimum Gasteiger partial charge on any atom is -0.606 e. The number of halogens is 5. The van der Waals surface area contributed by atoms with Crippen LogP contribution in [0.15, 0.2) is 32.8 Å². The molecule has 0 bridgehead atoms. The van der Waals surface area contributed by atoms with Crippen LogP contribution in [0.25, 0.3) is 0 Å². The molecular weight excluding hydrogens is 366 g/mol. The first-order valence-electron chi connectivity index (χ1n) is 5.45. The molecule has 118 valence electrons. The molecule has 0 spiro atoms. The Hall–Kier alpha value is -1.42. The molecule has 5 nitrogen and oxygen atoms in total. The summed E-state index contributed by atoms with van der Waals surface area (Å²) in [5.74, 6) is -0.729. The first-order chi connectivity index (χ1) is 10.1. The van der Waals surface area contributed by atoms with Crippen LogP contribution in [0.4, 0.5) is 19.1 Å². The quantitative estimate of drug-likeness (QED) is 0.793. The van der Waals surface area contributed by atoms with Crippen molar-refractivity contribution in [3.8, 4) is 0 Å². The summed E-state index contributed by atoms with van der Waals surface area (Å²) in [5.41, 5.74) is 2.24. The number of anilines is 1. The fourth-order valence-electron chi connectivity index (χ4n) is 1.55. The molecule has 0 aliphatic rings. The van der Waals surface area contributed by atoms with E-state index in [-0.39, 0.29) is 14.9 Å². The molecule has 0 saturated heterocycles. The van der Waals surface area contributed by atoms with Crippen molar-refractivity contribution in [2.24, 2.45) is 0 Å². The molecule has 1 atom stereocenters. The van der Waals surface area contributed by atoms with Gasteiger partial charge in [-0.15, -0.1) is 0 Å². The Balaban J connectivity index is 2.65. The molecule has 22 heavy (non-hydrogen) atoms. The summed E-state index contributed by atoms with van der Waals surface area (Å²) in [7, 11) is 0. The SMILES string of the molecule is Nc1nc(C(F)(F)F)c([S+]([O-])c2ccc(Cl)c(Cl)c2)c(=O)[nH]1. The summed E-state index contributed by atoms with van der Waals surface area (Å²) in [6.45, 7) is 0. The number of aromatic amines is 1. The van der Waals surface area contributed by atoms with Crippen molar-refractivity contribution in [3.05, 3.63) is 44.3 Å². The average Bonchev–Trinajstić information content (AvgIpc) is 2.39. The zero-order chi connectivity index (χ0) is 16.7. The Bertz CT molecular complexity index is 782. The molecule has 1 aromatic carbocycles. The van der Waals surface area contributed by atoms with Crippen LogP contribution in [0.2, 0.25) is 10.0 Å². The van der Waals surface area contributed by atoms with Gasteiger partial charge in [0.1, 0.15) is 0 Å². The van der Waals surface area contributed by atoms with Crippen molar-refractivity contribution >= 4 is 40.3 Å². The highest BCUT2D eigenvalue weighted by molar-refractivity contribution is 7.91. The van der Waals surface area contributed by atoms with Gasteiger partial charge in [-0.3, -0.25) is 9.78 Å². The van der Waals surface area contributed by atoms with Gasteiger partial charge < -0.3 is 10.3 Å². The fraction of sp³-hybridized carbons (Fsp3) is 0.0909. The van der Waals surface area contributed by atoms with Gasteiger partial charge in [0.25, 0.3) is 4.90 Å². The van der Waals surface area contributed by atoms with Crippen LogP contribution >= 0.6 is 23.2 Å². The molecule has 0 aliphatic carbocycles. The molecule has 0 fully saturated rings. The number of hydrogen-bond acceptors (Lipinski definition) is 4. The predicted octanol–water partition coefficient (Wildman–Crippen LogP) is 2.84. The topological polar surface area (TPSA) is 94.8 Å². The van der Waals surface area contributed by atoms with E-state index in [4.69, 9.17) is 28.9 Å². The molecular formula is C11H6Cl2F3N3O2S. The molecule has 11 heteroatoms. The summed E-state index contributed by atoms with van der Waals surface area (Å²) in [4.78, 5) is 15.5. The van der Waals surface area contributed by atoms with Gasteiger partial charge in [0.05, 0.1) is 10.0 Å². The number of benzene rings is 1. The lowest BCUT2D eigenvalue weighted by molar-refractivity contribution is -0.143. The Morgan fingerprint density at radius 2 is 1.91 bits per heavy atom. The van der Waals surface area contributed by atoms with Gasteiger partial charge in [-0.05, 0) is 12.1 Å². The summed E-state index contributed by atoms with van der Waals surface area (Å²) in [6, 6.07) is 3.56. The third-order valence-electron chi connectivity index (χ3n) is 2.45. The number of hydrogen-bond donors (Lipinski definition) is 2. The van der Waals surface area contributed by atoms with E-state index in [9.17, 15) is 22.5 Å². The Labute approximate surface area is 134 Å². The van der Waals surface area contributed by atoms with E-state index < -0.39 is 39.4 Å². The Morgan fingerprint density at radius 3 is 2.45 bits per heavy atom. The zero-order valence-corrected chi connectivity index (χ0v) is 12.7. The number of nitrogens with two attached hydrogens (primary N) is 1. The van der Waals surface area contributed by atoms with Crippen molar-refractivity contribution in [2.45, 2.75) is 16.0 Å². The molecule has 0 aliphatic heterocycles. The lowest BCUT2D eigenvalue weighted by Gasteiger charge is -2.14. The third kappa shape index (κ3) is 3.32. The van der Waals surface area contributed by atoms with Crippen LogP contribution in [0.5, 0.6) is 0 Å². The highest BCUT2D eigenvalue weighted by Gasteiger charge is 2.42. The first-order valence-corrected chi connectivity index (χ1v) is 7.35. The fourth-order valence-corrected chi connectivity index (χ4v) is 3.13. The number of nitrogens with one attached hydrogen (secondary N) is 1. The summed E-state index contributed by atoms with van der Waals surface area (Å²) < 4.78 is 51.2. The van der Waals surface area contributed by atoms with E-state index in [0.29, 0.717) is 0 Å². The molecule has 1 aromatic heterocycles. The molecule has 1 heterocycles. The van der Waals surface area contributed by atoms with Crippen LogP contribution in [-0.4, -0.2) is 14.5 Å². The number of alkyl halides is 3. The van der Waals surface area contributed by atoms with Crippen LogP contribution < -0.4 is 11.3 Å². The highest BCUT2D eigenvalue weighted by Crippen LogP contribution is 2.34. The van der Waals surface area contributed by atoms with Crippen LogP contribution in [0.1, 0.15) is 5.69 Å². The van der Waals surface area contributed by atoms with Gasteiger partial charge in [-0.1, -0.05) is 23.2 Å². The van der Waals surface area contributed by atoms with Crippen molar-refractivity contribution in [1.29, 1.82) is 0 Å². The van der Waals surface area contributed by atoms with E-state index in [1.165, 1.54) is 12.1 Å². The van der Waals surface area contributed by atoms with E-state index in [0.717, 1.165) is 6.07 Å². The minimum absolute atomic E-state index is 0.0130. The number of aromatic nitrogens is 2. The molecule has 3 N–H and O–H groups in total. The third-order valence-corrected chi connectivity index (χ3v) is 4.62. The standard InChI is InChI=1S/C11H6Cl2F3N3O2S/c12-5-2-1-4(3-6(5)13)22(21)7-8(11(14,15)16)18-10(17)19-9(7)20/h1-3H,(H3,17,18,19,20). The highest BCUT2D eigenvalue weighted by atomic mass is 35.5. The molecule has 1 unspecified atom stereocenters. The molecule has 0 amide bonds. The smallest absolute Gasteiger partial charge is 0.438 e. The Morgan fingerprint density at radius 1 is 1.27 bits per heavy atom. The average molecular weight is 372 g/mol. The molecule has 2 aromatic rings. The van der Waals surface area contributed by atoms with Gasteiger partial charge in [0, 0.05) is 17.2 Å². The molecule has 0 radical (unpaired) electrons. The van der Waals surface area contributed by atoms with Crippen molar-refractivity contribution in [2.75, 3.05) is 5.73 Å². The van der Waals surface area contributed by atoms with Crippen LogP contribution in [-0.2, 0) is 17.4 Å². The maximum Gasteiger partial charge on any atom is 0.438 e. The summed E-state index contributed by atoms with van der Waals surface area (Å²) in [5, 5.41) is 0.115. The number of nitrogen functional groups attached to an aromatic ring is 1. The number of rotatable bonds is 2. The predicted molar refractivity (Wildman–Crippen MR) is 75.4 cm³/mol. The van der Waals surface area contributed by atoms with E-state index in [1.54, 1.807) is 0 Å². The summed E-state index contributed by atoms with van der Waals surface area (Å²) >= 11 is 8.94. The summed E-state index contributed by atoms with van der Waals surface area (Å²) in [6.07, 6.45) is -5.00. The number of nitrogens with zero attached hydrogens (tertiary/aromatic N) is 1.